The van der Waals surface area contributed by atoms with Gasteiger partial charge in [-0.25, -0.2) is 0 Å². The summed E-state index contributed by atoms with van der Waals surface area (Å²) in [5.74, 6) is 0.686. The Morgan fingerprint density at radius 1 is 1.27 bits per heavy atom. The number of hydrogen-bond acceptors (Lipinski definition) is 4. The molecule has 0 bridgehead atoms. The molecule has 2 N–H and O–H groups in total. The minimum atomic E-state index is -0.494. The van der Waals surface area contributed by atoms with Gasteiger partial charge in [-0.2, -0.15) is 0 Å². The van der Waals surface area contributed by atoms with E-state index in [0.29, 0.717) is 18.7 Å². The largest absolute Gasteiger partial charge is 0.491 e. The monoisotopic (exact) mass is 304 g/mol. The summed E-state index contributed by atoms with van der Waals surface area (Å²) in [6.45, 7) is 3.71. The van der Waals surface area contributed by atoms with E-state index >= 15 is 0 Å². The van der Waals surface area contributed by atoms with Gasteiger partial charge >= 0.3 is 0 Å². The number of likely N-dealkylation sites (tertiary alicyclic amines) is 1. The van der Waals surface area contributed by atoms with E-state index in [0.717, 1.165) is 30.8 Å². The lowest BCUT2D eigenvalue weighted by Crippen LogP contribution is -2.38. The Labute approximate surface area is 131 Å². The van der Waals surface area contributed by atoms with Crippen molar-refractivity contribution in [2.45, 2.75) is 31.8 Å². The number of aliphatic hydroxyl groups excluding tert-OH is 1. The van der Waals surface area contributed by atoms with E-state index in [1.54, 1.807) is 0 Å². The zero-order chi connectivity index (χ0) is 15.4. The Morgan fingerprint density at radius 2 is 2.09 bits per heavy atom. The highest BCUT2D eigenvalue weighted by molar-refractivity contribution is 5.97. The normalized spacial score (nSPS) is 20.1. The lowest BCUT2D eigenvalue weighted by molar-refractivity contribution is 0.0613. The number of ether oxygens (including phenoxy) is 1. The van der Waals surface area contributed by atoms with Gasteiger partial charge in [-0.3, -0.25) is 4.79 Å². The molecule has 1 aromatic carbocycles. The van der Waals surface area contributed by atoms with Crippen LogP contribution in [0.4, 0.5) is 0 Å². The topological polar surface area (TPSA) is 61.8 Å². The summed E-state index contributed by atoms with van der Waals surface area (Å²) in [5.41, 5.74) is 1.64. The van der Waals surface area contributed by atoms with Crippen molar-refractivity contribution in [3.05, 3.63) is 29.3 Å². The van der Waals surface area contributed by atoms with E-state index < -0.39 is 6.10 Å². The molecule has 2 aliphatic rings. The minimum Gasteiger partial charge on any atom is -0.491 e. The molecule has 0 aromatic heterocycles. The lowest BCUT2D eigenvalue weighted by atomic mass is 9.99. The third kappa shape index (κ3) is 3.59. The number of β-amino-alcohol motifs (C(OH)–C–C–N with tert-alkyl or cyclic N) is 1. The molecule has 1 saturated heterocycles. The van der Waals surface area contributed by atoms with Crippen molar-refractivity contribution in [1.82, 2.24) is 10.2 Å². The van der Waals surface area contributed by atoms with Gasteiger partial charge in [0.15, 0.2) is 0 Å². The second-order valence-electron chi connectivity index (χ2n) is 6.11. The number of carbonyl (C=O) groups excluding carboxylic acids is 1. The van der Waals surface area contributed by atoms with Gasteiger partial charge in [-0.1, -0.05) is 12.5 Å². The fraction of sp³-hybridized carbons (Fsp3) is 0.588. The van der Waals surface area contributed by atoms with E-state index in [1.165, 1.54) is 19.3 Å². The number of benzene rings is 1. The van der Waals surface area contributed by atoms with Gasteiger partial charge in [-0.15, -0.1) is 0 Å². The van der Waals surface area contributed by atoms with E-state index in [-0.39, 0.29) is 12.5 Å². The maximum Gasteiger partial charge on any atom is 0.251 e. The van der Waals surface area contributed by atoms with Crippen LogP contribution in [0.5, 0.6) is 5.75 Å². The van der Waals surface area contributed by atoms with Crippen LogP contribution in [0.25, 0.3) is 0 Å². The molecule has 1 fully saturated rings. The number of fused-ring (bicyclic) bond motifs is 1. The SMILES string of the molecule is O=C1NCCc2c(OC[C@@H](O)CN3CCCCC3)cccc21. The van der Waals surface area contributed by atoms with Crippen LogP contribution >= 0.6 is 0 Å². The number of nitrogens with one attached hydrogen (secondary N) is 1. The highest BCUT2D eigenvalue weighted by Crippen LogP contribution is 2.25. The quantitative estimate of drug-likeness (QED) is 0.858. The Morgan fingerprint density at radius 3 is 2.91 bits per heavy atom. The first kappa shape index (κ1) is 15.3. The summed E-state index contributed by atoms with van der Waals surface area (Å²) in [7, 11) is 0. The van der Waals surface area contributed by atoms with Crippen molar-refractivity contribution in [3.8, 4) is 5.75 Å². The van der Waals surface area contributed by atoms with Crippen LogP contribution in [0.1, 0.15) is 35.2 Å². The average Bonchev–Trinajstić information content (AvgIpc) is 2.54. The number of carbonyl (C=O) groups is 1. The molecule has 1 atom stereocenters. The molecule has 2 heterocycles. The molecule has 0 aliphatic carbocycles. The van der Waals surface area contributed by atoms with Crippen molar-refractivity contribution in [3.63, 3.8) is 0 Å². The van der Waals surface area contributed by atoms with E-state index in [9.17, 15) is 9.90 Å². The number of piperidine rings is 1. The predicted molar refractivity (Wildman–Crippen MR) is 84.3 cm³/mol. The summed E-state index contributed by atoms with van der Waals surface area (Å²) in [6, 6.07) is 5.53. The molecule has 2 aliphatic heterocycles. The smallest absolute Gasteiger partial charge is 0.251 e. The van der Waals surface area contributed by atoms with Crippen molar-refractivity contribution in [2.75, 3.05) is 32.8 Å². The number of rotatable bonds is 5. The molecule has 1 aromatic rings. The molecule has 120 valence electrons. The van der Waals surface area contributed by atoms with Crippen LogP contribution in [0, 0.1) is 0 Å². The van der Waals surface area contributed by atoms with Gasteiger partial charge in [0.05, 0.1) is 0 Å². The van der Waals surface area contributed by atoms with Gasteiger partial charge in [0, 0.05) is 24.2 Å². The van der Waals surface area contributed by atoms with Crippen molar-refractivity contribution in [2.24, 2.45) is 0 Å². The number of nitrogens with zero attached hydrogens (tertiary/aromatic N) is 1. The maximum atomic E-state index is 11.8. The van der Waals surface area contributed by atoms with Gasteiger partial charge < -0.3 is 20.1 Å². The number of amides is 1. The van der Waals surface area contributed by atoms with Crippen LogP contribution < -0.4 is 10.1 Å². The van der Waals surface area contributed by atoms with Gasteiger partial charge in [0.2, 0.25) is 0 Å². The van der Waals surface area contributed by atoms with E-state index in [2.05, 4.69) is 10.2 Å². The van der Waals surface area contributed by atoms with Crippen molar-refractivity contribution < 1.29 is 14.6 Å². The molecule has 3 rings (SSSR count). The molecular formula is C17H24N2O3. The summed E-state index contributed by atoms with van der Waals surface area (Å²) >= 11 is 0. The average molecular weight is 304 g/mol. The Bertz CT molecular complexity index is 527. The minimum absolute atomic E-state index is 0.0411. The summed E-state index contributed by atoms with van der Waals surface area (Å²) in [5, 5.41) is 13.0. The first-order chi connectivity index (χ1) is 10.7. The Balaban J connectivity index is 1.57. The van der Waals surface area contributed by atoms with E-state index in [4.69, 9.17) is 4.74 Å². The number of aliphatic hydroxyl groups is 1. The van der Waals surface area contributed by atoms with Crippen LogP contribution in [-0.4, -0.2) is 54.8 Å². The van der Waals surface area contributed by atoms with Crippen molar-refractivity contribution >= 4 is 5.91 Å². The van der Waals surface area contributed by atoms with Gasteiger partial charge in [-0.05, 0) is 44.5 Å². The van der Waals surface area contributed by atoms with Crippen LogP contribution in [-0.2, 0) is 6.42 Å². The third-order valence-electron chi connectivity index (χ3n) is 4.39. The fourth-order valence-electron chi connectivity index (χ4n) is 3.25. The highest BCUT2D eigenvalue weighted by Gasteiger charge is 2.21. The first-order valence-electron chi connectivity index (χ1n) is 8.17. The summed E-state index contributed by atoms with van der Waals surface area (Å²) in [6.07, 6.45) is 4.01. The van der Waals surface area contributed by atoms with Crippen LogP contribution in [0.2, 0.25) is 0 Å². The van der Waals surface area contributed by atoms with Gasteiger partial charge in [0.1, 0.15) is 18.5 Å². The second kappa shape index (κ2) is 7.11. The van der Waals surface area contributed by atoms with Gasteiger partial charge in [0.25, 0.3) is 5.91 Å². The molecule has 0 unspecified atom stereocenters. The first-order valence-corrected chi connectivity index (χ1v) is 8.17. The van der Waals surface area contributed by atoms with Crippen molar-refractivity contribution in [1.29, 1.82) is 0 Å². The standard InChI is InChI=1S/C17H24N2O3/c20-13(11-19-9-2-1-3-10-19)12-22-16-6-4-5-15-14(16)7-8-18-17(15)21/h4-6,13,20H,1-3,7-12H2,(H,18,21)/t13-/m0/s1. The zero-order valence-corrected chi connectivity index (χ0v) is 12.9. The molecule has 1 amide bonds. The summed E-state index contributed by atoms with van der Waals surface area (Å²) in [4.78, 5) is 14.1. The Hall–Kier alpha value is -1.59. The third-order valence-corrected chi connectivity index (χ3v) is 4.39. The van der Waals surface area contributed by atoms with Crippen LogP contribution in [0.15, 0.2) is 18.2 Å². The summed E-state index contributed by atoms with van der Waals surface area (Å²) < 4.78 is 5.80. The number of hydrogen-bond donors (Lipinski definition) is 2. The van der Waals surface area contributed by atoms with E-state index in [1.807, 2.05) is 18.2 Å². The Kier molecular flexibility index (Phi) is 4.95. The predicted octanol–water partition coefficient (Wildman–Crippen LogP) is 1.20. The second-order valence-corrected chi connectivity index (χ2v) is 6.11. The fourth-order valence-corrected chi connectivity index (χ4v) is 3.25. The zero-order valence-electron chi connectivity index (χ0n) is 12.9. The highest BCUT2D eigenvalue weighted by atomic mass is 16.5. The molecular weight excluding hydrogens is 280 g/mol. The molecule has 22 heavy (non-hydrogen) atoms. The lowest BCUT2D eigenvalue weighted by Gasteiger charge is -2.28. The molecule has 5 nitrogen and oxygen atoms in total. The maximum absolute atomic E-state index is 11.8. The molecule has 0 saturated carbocycles. The molecule has 0 radical (unpaired) electrons. The molecule has 5 heteroatoms. The van der Waals surface area contributed by atoms with Crippen LogP contribution in [0.3, 0.4) is 0 Å². The molecule has 0 spiro atoms.